The van der Waals surface area contributed by atoms with E-state index in [4.69, 9.17) is 0 Å². The number of anilines is 1. The zero-order valence-corrected chi connectivity index (χ0v) is 15.3. The van der Waals surface area contributed by atoms with Gasteiger partial charge in [-0.15, -0.1) is 10.2 Å². The topological polar surface area (TPSA) is 59.8 Å². The predicted octanol–water partition coefficient (Wildman–Crippen LogP) is 4.15. The second-order valence-corrected chi connectivity index (χ2v) is 7.18. The van der Waals surface area contributed by atoms with Gasteiger partial charge in [-0.2, -0.15) is 0 Å². The molecule has 3 rings (SSSR count). The van der Waals surface area contributed by atoms with Crippen molar-refractivity contribution >= 4 is 23.4 Å². The number of hydrogen-bond donors (Lipinski definition) is 1. The first-order chi connectivity index (χ1) is 12.5. The highest BCUT2D eigenvalue weighted by atomic mass is 32.2. The quantitative estimate of drug-likeness (QED) is 0.663. The molecule has 2 unspecified atom stereocenters. The summed E-state index contributed by atoms with van der Waals surface area (Å²) in [4.78, 5) is 12.4. The van der Waals surface area contributed by atoms with Crippen molar-refractivity contribution in [1.82, 2.24) is 14.8 Å². The van der Waals surface area contributed by atoms with Crippen molar-refractivity contribution in [2.24, 2.45) is 0 Å². The molecule has 0 aliphatic rings. The Kier molecular flexibility index (Phi) is 5.68. The lowest BCUT2D eigenvalue weighted by Gasteiger charge is -2.17. The number of thioether (sulfide) groups is 1. The van der Waals surface area contributed by atoms with Crippen LogP contribution in [0, 0.1) is 5.82 Å². The maximum atomic E-state index is 13.2. The Bertz CT molecular complexity index is 884. The van der Waals surface area contributed by atoms with E-state index in [1.54, 1.807) is 25.4 Å². The van der Waals surface area contributed by atoms with E-state index >= 15 is 0 Å². The van der Waals surface area contributed by atoms with Crippen molar-refractivity contribution in [3.05, 3.63) is 72.3 Å². The maximum absolute atomic E-state index is 13.2. The highest BCUT2D eigenvalue weighted by Gasteiger charge is 2.20. The van der Waals surface area contributed by atoms with Crippen LogP contribution in [0.1, 0.15) is 25.5 Å². The summed E-state index contributed by atoms with van der Waals surface area (Å²) >= 11 is 1.31. The minimum absolute atomic E-state index is 0.0483. The van der Waals surface area contributed by atoms with Crippen molar-refractivity contribution in [3.8, 4) is 0 Å². The highest BCUT2D eigenvalue weighted by Crippen LogP contribution is 2.27. The summed E-state index contributed by atoms with van der Waals surface area (Å²) in [7, 11) is 0. The van der Waals surface area contributed by atoms with Crippen molar-refractivity contribution < 1.29 is 9.18 Å². The van der Waals surface area contributed by atoms with Gasteiger partial charge in [0.15, 0.2) is 5.16 Å². The van der Waals surface area contributed by atoms with E-state index in [1.807, 2.05) is 34.9 Å². The molecule has 1 aromatic heterocycles. The Hall–Kier alpha value is -2.67. The van der Waals surface area contributed by atoms with Crippen molar-refractivity contribution in [1.29, 1.82) is 0 Å². The number of nitrogens with one attached hydrogen (secondary N) is 1. The molecule has 0 aliphatic carbocycles. The summed E-state index contributed by atoms with van der Waals surface area (Å²) in [5, 5.41) is 11.1. The van der Waals surface area contributed by atoms with Gasteiger partial charge in [0.2, 0.25) is 5.91 Å². The summed E-state index contributed by atoms with van der Waals surface area (Å²) in [6.07, 6.45) is 1.66. The molecule has 2 aromatic carbocycles. The minimum atomic E-state index is -0.413. The first-order valence-electron chi connectivity index (χ1n) is 8.22. The zero-order valence-electron chi connectivity index (χ0n) is 14.5. The van der Waals surface area contributed by atoms with E-state index in [1.165, 1.54) is 23.9 Å². The van der Waals surface area contributed by atoms with Crippen LogP contribution in [0.25, 0.3) is 0 Å². The third-order valence-electron chi connectivity index (χ3n) is 3.98. The van der Waals surface area contributed by atoms with Crippen LogP contribution in [0.4, 0.5) is 10.1 Å². The fourth-order valence-corrected chi connectivity index (χ4v) is 3.40. The van der Waals surface area contributed by atoms with Crippen LogP contribution in [0.5, 0.6) is 0 Å². The molecule has 7 heteroatoms. The molecule has 134 valence electrons. The number of halogens is 1. The van der Waals surface area contributed by atoms with Gasteiger partial charge in [-0.05, 0) is 37.6 Å². The van der Waals surface area contributed by atoms with Crippen LogP contribution in [0.15, 0.2) is 66.1 Å². The van der Waals surface area contributed by atoms with Crippen LogP contribution in [-0.2, 0) is 4.79 Å². The molecule has 1 N–H and O–H groups in total. The Morgan fingerprint density at radius 3 is 2.65 bits per heavy atom. The van der Waals surface area contributed by atoms with Crippen LogP contribution >= 0.6 is 11.8 Å². The van der Waals surface area contributed by atoms with Crippen LogP contribution in [0.2, 0.25) is 0 Å². The van der Waals surface area contributed by atoms with Crippen LogP contribution < -0.4 is 5.32 Å². The lowest BCUT2D eigenvalue weighted by atomic mass is 10.1. The molecule has 1 amide bonds. The second kappa shape index (κ2) is 8.14. The third kappa shape index (κ3) is 4.29. The Balaban J connectivity index is 1.69. The molecule has 0 fully saturated rings. The van der Waals surface area contributed by atoms with E-state index in [0.29, 0.717) is 10.8 Å². The van der Waals surface area contributed by atoms with E-state index in [0.717, 1.165) is 5.56 Å². The Morgan fingerprint density at radius 1 is 1.15 bits per heavy atom. The van der Waals surface area contributed by atoms with E-state index in [-0.39, 0.29) is 17.8 Å². The van der Waals surface area contributed by atoms with Gasteiger partial charge in [0.05, 0.1) is 11.3 Å². The molecule has 0 spiro atoms. The molecule has 0 aliphatic heterocycles. The summed E-state index contributed by atoms with van der Waals surface area (Å²) in [6, 6.07) is 15.9. The molecule has 26 heavy (non-hydrogen) atoms. The predicted molar refractivity (Wildman–Crippen MR) is 101 cm³/mol. The monoisotopic (exact) mass is 370 g/mol. The lowest BCUT2D eigenvalue weighted by Crippen LogP contribution is -2.23. The van der Waals surface area contributed by atoms with Gasteiger partial charge >= 0.3 is 0 Å². The Labute approximate surface area is 155 Å². The first-order valence-corrected chi connectivity index (χ1v) is 9.10. The number of amides is 1. The SMILES string of the molecule is CC(Sc1nncn1C(C)c1ccccc1)C(=O)Nc1cccc(F)c1. The van der Waals surface area contributed by atoms with Crippen LogP contribution in [-0.4, -0.2) is 25.9 Å². The minimum Gasteiger partial charge on any atom is -0.325 e. The number of benzene rings is 2. The number of carbonyl (C=O) groups is 1. The van der Waals surface area contributed by atoms with E-state index < -0.39 is 5.25 Å². The standard InChI is InChI=1S/C19H19FN4OS/c1-13(15-7-4-3-5-8-15)24-12-21-23-19(24)26-14(2)18(25)22-17-10-6-9-16(20)11-17/h3-14H,1-2H3,(H,22,25). The molecular weight excluding hydrogens is 351 g/mol. The van der Waals surface area contributed by atoms with Crippen molar-refractivity contribution in [3.63, 3.8) is 0 Å². The first kappa shape index (κ1) is 18.1. The molecule has 0 saturated carbocycles. The smallest absolute Gasteiger partial charge is 0.237 e. The summed E-state index contributed by atoms with van der Waals surface area (Å²) < 4.78 is 15.2. The highest BCUT2D eigenvalue weighted by molar-refractivity contribution is 8.00. The molecule has 1 heterocycles. The van der Waals surface area contributed by atoms with Gasteiger partial charge in [-0.1, -0.05) is 48.2 Å². The third-order valence-corrected chi connectivity index (χ3v) is 5.05. The molecule has 5 nitrogen and oxygen atoms in total. The fourth-order valence-electron chi connectivity index (χ4n) is 2.50. The molecular formula is C19H19FN4OS. The number of carbonyl (C=O) groups excluding carboxylic acids is 1. The molecule has 0 bridgehead atoms. The molecule has 3 aromatic rings. The van der Waals surface area contributed by atoms with Crippen molar-refractivity contribution in [2.75, 3.05) is 5.32 Å². The average molecular weight is 370 g/mol. The molecule has 0 saturated heterocycles. The van der Waals surface area contributed by atoms with Gasteiger partial charge in [0.1, 0.15) is 12.1 Å². The van der Waals surface area contributed by atoms with Gasteiger partial charge in [-0.25, -0.2) is 4.39 Å². The second-order valence-electron chi connectivity index (χ2n) is 5.87. The zero-order chi connectivity index (χ0) is 18.5. The lowest BCUT2D eigenvalue weighted by molar-refractivity contribution is -0.115. The number of hydrogen-bond acceptors (Lipinski definition) is 4. The normalized spacial score (nSPS) is 13.2. The number of rotatable bonds is 6. The number of nitrogens with zero attached hydrogens (tertiary/aromatic N) is 3. The molecule has 2 atom stereocenters. The summed E-state index contributed by atoms with van der Waals surface area (Å²) in [6.45, 7) is 3.84. The average Bonchev–Trinajstić information content (AvgIpc) is 3.10. The van der Waals surface area contributed by atoms with E-state index in [9.17, 15) is 9.18 Å². The number of aromatic nitrogens is 3. The van der Waals surface area contributed by atoms with E-state index in [2.05, 4.69) is 22.4 Å². The van der Waals surface area contributed by atoms with Gasteiger partial charge < -0.3 is 9.88 Å². The van der Waals surface area contributed by atoms with Crippen molar-refractivity contribution in [2.45, 2.75) is 30.3 Å². The maximum Gasteiger partial charge on any atom is 0.237 e. The van der Waals surface area contributed by atoms with Gasteiger partial charge in [0, 0.05) is 5.69 Å². The largest absolute Gasteiger partial charge is 0.325 e. The summed E-state index contributed by atoms with van der Waals surface area (Å²) in [5.74, 6) is -0.609. The van der Waals surface area contributed by atoms with Gasteiger partial charge in [0.25, 0.3) is 0 Å². The van der Waals surface area contributed by atoms with Gasteiger partial charge in [-0.3, -0.25) is 4.79 Å². The van der Waals surface area contributed by atoms with Crippen LogP contribution in [0.3, 0.4) is 0 Å². The molecule has 0 radical (unpaired) electrons. The fraction of sp³-hybridized carbons (Fsp3) is 0.211. The Morgan fingerprint density at radius 2 is 1.92 bits per heavy atom. The summed E-state index contributed by atoms with van der Waals surface area (Å²) in [5.41, 5.74) is 1.56.